The predicted molar refractivity (Wildman–Crippen MR) is 165 cm³/mol. The van der Waals surface area contributed by atoms with Crippen LogP contribution in [-0.2, 0) is 30.0 Å². The molecule has 1 aliphatic heterocycles. The van der Waals surface area contributed by atoms with E-state index in [0.717, 1.165) is 33.4 Å². The Labute approximate surface area is 259 Å². The summed E-state index contributed by atoms with van der Waals surface area (Å²) in [6, 6.07) is 28.6. The number of allylic oxidation sites excluding steroid dienone is 4. The number of fused-ring (bicyclic) bond motifs is 5. The molecule has 0 amide bonds. The van der Waals surface area contributed by atoms with Gasteiger partial charge in [-0.1, -0.05) is 72.8 Å². The monoisotopic (exact) mass is 588 g/mol. The molecular weight excluding hydrogens is 560 g/mol. The number of esters is 2. The molecule has 1 saturated heterocycles. The van der Waals surface area contributed by atoms with Gasteiger partial charge >= 0.3 is 11.9 Å². The second-order valence-corrected chi connectivity index (χ2v) is 13.4. The molecule has 45 heavy (non-hydrogen) atoms. The van der Waals surface area contributed by atoms with Crippen molar-refractivity contribution < 1.29 is 19.1 Å². The van der Waals surface area contributed by atoms with Gasteiger partial charge in [0.05, 0.1) is 22.7 Å². The number of nitrogens with zero attached hydrogens (tertiary/aromatic N) is 2. The summed E-state index contributed by atoms with van der Waals surface area (Å²) in [5, 5.41) is 0. The van der Waals surface area contributed by atoms with Crippen LogP contribution in [0.2, 0.25) is 0 Å². The van der Waals surface area contributed by atoms with Crippen molar-refractivity contribution in [3.63, 3.8) is 0 Å². The Kier molecular flexibility index (Phi) is 4.85. The highest BCUT2D eigenvalue weighted by molar-refractivity contribution is 6.30. The van der Waals surface area contributed by atoms with Gasteiger partial charge in [-0.15, -0.1) is 0 Å². The molecule has 4 fully saturated rings. The third-order valence-electron chi connectivity index (χ3n) is 12.2. The highest BCUT2D eigenvalue weighted by Gasteiger charge is 2.86. The second kappa shape index (κ2) is 8.60. The van der Waals surface area contributed by atoms with Gasteiger partial charge in [0.2, 0.25) is 0 Å². The van der Waals surface area contributed by atoms with Crippen molar-refractivity contribution in [2.24, 2.45) is 47.3 Å². The first-order chi connectivity index (χ1) is 22.1. The van der Waals surface area contributed by atoms with E-state index in [4.69, 9.17) is 4.74 Å². The fraction of sp³-hybridized carbons (Fsp3) is 0.256. The van der Waals surface area contributed by atoms with E-state index < -0.39 is 34.6 Å². The lowest BCUT2D eigenvalue weighted by Gasteiger charge is -2.68. The molecule has 10 atom stereocenters. The number of cyclic esters (lactones) is 2. The zero-order chi connectivity index (χ0) is 30.1. The number of carbonyl (C=O) groups excluding carboxylic acids is 3. The molecule has 6 nitrogen and oxygen atoms in total. The Morgan fingerprint density at radius 2 is 0.933 bits per heavy atom. The molecule has 0 radical (unpaired) electrons. The van der Waals surface area contributed by atoms with E-state index in [0.29, 0.717) is 0 Å². The molecule has 3 saturated carbocycles. The van der Waals surface area contributed by atoms with Gasteiger partial charge in [0, 0.05) is 24.8 Å². The summed E-state index contributed by atoms with van der Waals surface area (Å²) in [6.45, 7) is 0. The van der Waals surface area contributed by atoms with E-state index in [1.54, 1.807) is 24.8 Å². The van der Waals surface area contributed by atoms with Gasteiger partial charge in [0.15, 0.2) is 5.78 Å². The van der Waals surface area contributed by atoms with Crippen molar-refractivity contribution in [1.82, 2.24) is 9.97 Å². The number of Topliss-reactive ketones (excluding diaryl/α,β-unsaturated/α-hetero) is 1. The second-order valence-electron chi connectivity index (χ2n) is 13.4. The minimum Gasteiger partial charge on any atom is -0.393 e. The van der Waals surface area contributed by atoms with Gasteiger partial charge in [0.25, 0.3) is 0 Å². The predicted octanol–water partition coefficient (Wildman–Crippen LogP) is 5.47. The van der Waals surface area contributed by atoms with Crippen LogP contribution in [0.4, 0.5) is 0 Å². The fourth-order valence-corrected chi connectivity index (χ4v) is 11.2. The highest BCUT2D eigenvalue weighted by Crippen LogP contribution is 2.84. The zero-order valence-corrected chi connectivity index (χ0v) is 24.2. The molecular formula is C39H28N2O4. The van der Waals surface area contributed by atoms with Crippen molar-refractivity contribution in [2.75, 3.05) is 0 Å². The minimum atomic E-state index is -0.976. The number of aromatic nitrogens is 2. The molecule has 0 spiro atoms. The maximum Gasteiger partial charge on any atom is 0.318 e. The van der Waals surface area contributed by atoms with Crippen LogP contribution in [0.1, 0.15) is 22.3 Å². The molecule has 7 aliphatic rings. The molecule has 2 aromatic carbocycles. The summed E-state index contributed by atoms with van der Waals surface area (Å²) in [7, 11) is 0. The van der Waals surface area contributed by atoms with Crippen molar-refractivity contribution in [3.8, 4) is 0 Å². The minimum absolute atomic E-state index is 0.0512. The third kappa shape index (κ3) is 2.73. The van der Waals surface area contributed by atoms with Crippen LogP contribution < -0.4 is 0 Å². The first-order valence-electron chi connectivity index (χ1n) is 15.8. The lowest BCUT2D eigenvalue weighted by Crippen LogP contribution is -2.67. The van der Waals surface area contributed by atoms with Gasteiger partial charge < -0.3 is 4.74 Å². The van der Waals surface area contributed by atoms with Gasteiger partial charge in [0.1, 0.15) is 0 Å². The Bertz CT molecular complexity index is 1850. The summed E-state index contributed by atoms with van der Waals surface area (Å²) in [5.41, 5.74) is 3.98. The van der Waals surface area contributed by atoms with E-state index in [2.05, 4.69) is 46.4 Å². The lowest BCUT2D eigenvalue weighted by atomic mass is 9.33. The highest BCUT2D eigenvalue weighted by atomic mass is 16.6. The van der Waals surface area contributed by atoms with Gasteiger partial charge in [-0.2, -0.15) is 0 Å². The molecule has 4 bridgehead atoms. The smallest absolute Gasteiger partial charge is 0.318 e. The molecule has 218 valence electrons. The first kappa shape index (κ1) is 25.4. The Hall–Kier alpha value is -4.97. The maximum absolute atomic E-state index is 16.1. The zero-order valence-electron chi connectivity index (χ0n) is 24.2. The molecule has 0 N–H and O–H groups in total. The van der Waals surface area contributed by atoms with Gasteiger partial charge in [-0.05, 0) is 93.2 Å². The average molecular weight is 589 g/mol. The fourth-order valence-electron chi connectivity index (χ4n) is 11.2. The van der Waals surface area contributed by atoms with Crippen LogP contribution in [-0.4, -0.2) is 27.7 Å². The molecule has 0 unspecified atom stereocenters. The molecule has 11 rings (SSSR count). The number of hydrogen-bond donors (Lipinski definition) is 0. The molecule has 3 heterocycles. The third-order valence-corrected chi connectivity index (χ3v) is 12.2. The van der Waals surface area contributed by atoms with Crippen LogP contribution in [0.25, 0.3) is 11.1 Å². The SMILES string of the molecule is O=C1OC(=O)[C@H]2[C@@H]3C=C[C@H]([C@@H]12)[C@@H]1[C@@H]3[C@H]2[C@H]1[C@@]1(c3ccccc3)C(=O)[C@@]2(c2ccccc2)C(c2ccncc2)=C1c1ccncc1. The standard InChI is InChI=1S/C39H28N2O4/c42-35-29-25-11-12-26(30(29)36(43)45-35)28-27(25)33-34(28)39(24-9-5-2-6-10-24)32(22-15-19-41-20-16-22)31(21-13-17-40-18-14-21)38(33,37(39)44)23-7-3-1-4-8-23/h1-20,25-30,33-34H/t25-,26+,27-,28-,29+,30-,33+,34+,38+,39+/m1/s1. The summed E-state index contributed by atoms with van der Waals surface area (Å²) < 4.78 is 5.32. The van der Waals surface area contributed by atoms with E-state index in [-0.39, 0.29) is 41.3 Å². The van der Waals surface area contributed by atoms with Gasteiger partial charge in [-0.3, -0.25) is 24.4 Å². The Morgan fingerprint density at radius 3 is 1.33 bits per heavy atom. The van der Waals surface area contributed by atoms with Crippen molar-refractivity contribution in [1.29, 1.82) is 0 Å². The Balaban J connectivity index is 1.36. The van der Waals surface area contributed by atoms with E-state index >= 15 is 4.79 Å². The van der Waals surface area contributed by atoms with E-state index in [1.807, 2.05) is 60.7 Å². The van der Waals surface area contributed by atoms with Crippen LogP contribution in [0.5, 0.6) is 0 Å². The van der Waals surface area contributed by atoms with Crippen molar-refractivity contribution in [3.05, 3.63) is 144 Å². The molecule has 6 heteroatoms. The van der Waals surface area contributed by atoms with E-state index in [9.17, 15) is 9.59 Å². The number of hydrogen-bond acceptors (Lipinski definition) is 6. The average Bonchev–Trinajstić information content (AvgIpc) is 3.60. The van der Waals surface area contributed by atoms with Crippen LogP contribution in [0.3, 0.4) is 0 Å². The first-order valence-corrected chi connectivity index (χ1v) is 15.8. The summed E-state index contributed by atoms with van der Waals surface area (Å²) in [6.07, 6.45) is 11.5. The summed E-state index contributed by atoms with van der Waals surface area (Å²) in [5.74, 6) is -1.97. The number of rotatable bonds is 4. The number of ketones is 1. The number of pyridine rings is 2. The molecule has 4 aromatic rings. The number of carbonyl (C=O) groups is 3. The number of ether oxygens (including phenoxy) is 1. The normalized spacial score (nSPS) is 38.1. The lowest BCUT2D eigenvalue weighted by molar-refractivity contribution is -0.167. The van der Waals surface area contributed by atoms with Crippen LogP contribution in [0, 0.1) is 47.3 Å². The maximum atomic E-state index is 16.1. The van der Waals surface area contributed by atoms with Crippen LogP contribution in [0.15, 0.2) is 122 Å². The molecule has 2 aromatic heterocycles. The quantitative estimate of drug-likeness (QED) is 0.179. The summed E-state index contributed by atoms with van der Waals surface area (Å²) >= 11 is 0. The van der Waals surface area contributed by atoms with Crippen LogP contribution >= 0.6 is 0 Å². The van der Waals surface area contributed by atoms with E-state index in [1.165, 1.54) is 0 Å². The molecule has 6 aliphatic carbocycles. The largest absolute Gasteiger partial charge is 0.393 e. The summed E-state index contributed by atoms with van der Waals surface area (Å²) in [4.78, 5) is 51.2. The Morgan fingerprint density at radius 1 is 0.533 bits per heavy atom. The van der Waals surface area contributed by atoms with Crippen molar-refractivity contribution >= 4 is 28.9 Å². The van der Waals surface area contributed by atoms with Crippen molar-refractivity contribution in [2.45, 2.75) is 10.8 Å². The van der Waals surface area contributed by atoms with Gasteiger partial charge in [-0.25, -0.2) is 0 Å². The topological polar surface area (TPSA) is 86.2 Å². The number of benzene rings is 2.